The number of hydrogen-bond acceptors (Lipinski definition) is 5. The van der Waals surface area contributed by atoms with Crippen LogP contribution in [0.25, 0.3) is 0 Å². The van der Waals surface area contributed by atoms with E-state index < -0.39 is 5.54 Å². The predicted molar refractivity (Wildman–Crippen MR) is 82.3 cm³/mol. The lowest BCUT2D eigenvalue weighted by Crippen LogP contribution is -2.60. The minimum absolute atomic E-state index is 0.0908. The molecule has 3 unspecified atom stereocenters. The first kappa shape index (κ1) is 16.7. The second kappa shape index (κ2) is 7.07. The minimum Gasteiger partial charge on any atom is -0.468 e. The summed E-state index contributed by atoms with van der Waals surface area (Å²) in [4.78, 5) is 14.7. The van der Waals surface area contributed by atoms with Crippen molar-refractivity contribution in [2.75, 3.05) is 27.9 Å². The van der Waals surface area contributed by atoms with E-state index in [2.05, 4.69) is 24.2 Å². The topological polar surface area (TPSA) is 50.8 Å². The average Bonchev–Trinajstić information content (AvgIpc) is 3.29. The minimum atomic E-state index is -0.486. The Hall–Kier alpha value is -0.650. The Morgan fingerprint density at radius 1 is 1.38 bits per heavy atom. The van der Waals surface area contributed by atoms with Crippen molar-refractivity contribution in [1.29, 1.82) is 0 Å². The Bertz CT molecular complexity index is 359. The summed E-state index contributed by atoms with van der Waals surface area (Å²) in [5.41, 5.74) is -0.486. The van der Waals surface area contributed by atoms with Crippen molar-refractivity contribution in [1.82, 2.24) is 10.2 Å². The summed E-state index contributed by atoms with van der Waals surface area (Å²) in [6.07, 6.45) is 6.28. The van der Waals surface area contributed by atoms with Crippen molar-refractivity contribution >= 4 is 5.97 Å². The van der Waals surface area contributed by atoms with Crippen molar-refractivity contribution in [2.24, 2.45) is 0 Å². The van der Waals surface area contributed by atoms with E-state index >= 15 is 0 Å². The average molecular weight is 298 g/mol. The maximum Gasteiger partial charge on any atom is 0.326 e. The molecule has 21 heavy (non-hydrogen) atoms. The van der Waals surface area contributed by atoms with Crippen LogP contribution in [0.2, 0.25) is 0 Å². The van der Waals surface area contributed by atoms with E-state index in [0.717, 1.165) is 25.7 Å². The first-order chi connectivity index (χ1) is 10.0. The summed E-state index contributed by atoms with van der Waals surface area (Å²) in [5.74, 6) is -0.0908. The van der Waals surface area contributed by atoms with Crippen molar-refractivity contribution in [3.05, 3.63) is 0 Å². The largest absolute Gasteiger partial charge is 0.468 e. The monoisotopic (exact) mass is 298 g/mol. The molecule has 0 amide bonds. The Morgan fingerprint density at radius 2 is 2.10 bits per heavy atom. The highest BCUT2D eigenvalue weighted by Crippen LogP contribution is 2.35. The predicted octanol–water partition coefficient (Wildman–Crippen LogP) is 1.56. The van der Waals surface area contributed by atoms with Crippen LogP contribution in [-0.2, 0) is 14.3 Å². The summed E-state index contributed by atoms with van der Waals surface area (Å²) in [6, 6.07) is 1.26. The summed E-state index contributed by atoms with van der Waals surface area (Å²) in [5, 5.41) is 3.58. The Labute approximate surface area is 128 Å². The van der Waals surface area contributed by atoms with E-state index in [1.807, 2.05) is 0 Å². The second-order valence-corrected chi connectivity index (χ2v) is 6.71. The van der Waals surface area contributed by atoms with Crippen molar-refractivity contribution in [3.63, 3.8) is 0 Å². The van der Waals surface area contributed by atoms with Crippen molar-refractivity contribution in [3.8, 4) is 0 Å². The molecule has 0 aromatic carbocycles. The molecule has 0 heterocycles. The van der Waals surface area contributed by atoms with E-state index in [9.17, 15) is 4.79 Å². The number of rotatable bonds is 7. The van der Waals surface area contributed by atoms with E-state index in [-0.39, 0.29) is 5.97 Å². The maximum atomic E-state index is 12.4. The van der Waals surface area contributed by atoms with Crippen LogP contribution in [0.15, 0.2) is 0 Å². The molecule has 0 radical (unpaired) electrons. The van der Waals surface area contributed by atoms with Gasteiger partial charge in [-0.05, 0) is 52.5 Å². The number of nitrogens with zero attached hydrogens (tertiary/aromatic N) is 1. The van der Waals surface area contributed by atoms with Gasteiger partial charge in [0.25, 0.3) is 0 Å². The van der Waals surface area contributed by atoms with Gasteiger partial charge in [0.15, 0.2) is 0 Å². The lowest BCUT2D eigenvalue weighted by atomic mass is 9.78. The van der Waals surface area contributed by atoms with Crippen LogP contribution in [-0.4, -0.2) is 62.4 Å². The molecule has 2 aliphatic rings. The summed E-state index contributed by atoms with van der Waals surface area (Å²) in [7, 11) is 5.37. The van der Waals surface area contributed by atoms with Crippen LogP contribution in [0.3, 0.4) is 0 Å². The van der Waals surface area contributed by atoms with Crippen molar-refractivity contribution in [2.45, 2.75) is 69.1 Å². The van der Waals surface area contributed by atoms with Gasteiger partial charge in [0.05, 0.1) is 13.7 Å². The molecule has 5 nitrogen and oxygen atoms in total. The van der Waals surface area contributed by atoms with Gasteiger partial charge in [-0.3, -0.25) is 15.0 Å². The molecule has 0 spiro atoms. The molecule has 122 valence electrons. The third kappa shape index (κ3) is 3.96. The fraction of sp³-hybridized carbons (Fsp3) is 0.938. The number of carbonyl (C=O) groups excluding carboxylic acids is 1. The van der Waals surface area contributed by atoms with Crippen LogP contribution < -0.4 is 5.32 Å². The highest BCUT2D eigenvalue weighted by Gasteiger charge is 2.47. The summed E-state index contributed by atoms with van der Waals surface area (Å²) < 4.78 is 10.4. The first-order valence-electron chi connectivity index (χ1n) is 8.09. The number of ether oxygens (including phenoxy) is 2. The normalized spacial score (nSPS) is 31.2. The van der Waals surface area contributed by atoms with Gasteiger partial charge in [-0.25, -0.2) is 0 Å². The van der Waals surface area contributed by atoms with Crippen LogP contribution in [0.1, 0.15) is 45.4 Å². The Kier molecular flexibility index (Phi) is 5.63. The molecule has 2 rings (SSSR count). The molecule has 1 N–H and O–H groups in total. The van der Waals surface area contributed by atoms with Gasteiger partial charge in [0, 0.05) is 25.2 Å². The fourth-order valence-electron chi connectivity index (χ4n) is 3.50. The fourth-order valence-corrected chi connectivity index (χ4v) is 3.50. The van der Waals surface area contributed by atoms with E-state index in [1.54, 1.807) is 7.11 Å². The second-order valence-electron chi connectivity index (χ2n) is 6.71. The van der Waals surface area contributed by atoms with Gasteiger partial charge in [-0.2, -0.15) is 0 Å². The molecule has 0 aromatic rings. The maximum absolute atomic E-state index is 12.4. The lowest BCUT2D eigenvalue weighted by molar-refractivity contribution is -0.151. The molecule has 0 saturated heterocycles. The molecule has 2 fully saturated rings. The molecule has 5 heteroatoms. The van der Waals surface area contributed by atoms with Gasteiger partial charge in [0.2, 0.25) is 0 Å². The van der Waals surface area contributed by atoms with Crippen molar-refractivity contribution < 1.29 is 14.3 Å². The zero-order valence-electron chi connectivity index (χ0n) is 13.9. The molecule has 2 saturated carbocycles. The summed E-state index contributed by atoms with van der Waals surface area (Å²) in [6.45, 7) is 2.89. The number of nitrogens with one attached hydrogen (secondary N) is 1. The molecule has 0 aromatic heterocycles. The van der Waals surface area contributed by atoms with Gasteiger partial charge in [0.1, 0.15) is 5.54 Å². The van der Waals surface area contributed by atoms with Gasteiger partial charge in [-0.1, -0.05) is 0 Å². The first-order valence-corrected chi connectivity index (χ1v) is 8.09. The number of hydrogen-bond donors (Lipinski definition) is 1. The van der Waals surface area contributed by atoms with Crippen LogP contribution in [0.5, 0.6) is 0 Å². The highest BCUT2D eigenvalue weighted by atomic mass is 16.5. The third-order valence-corrected chi connectivity index (χ3v) is 5.04. The smallest absolute Gasteiger partial charge is 0.326 e. The van der Waals surface area contributed by atoms with Gasteiger partial charge in [-0.15, -0.1) is 0 Å². The SMILES string of the molecule is COCC(C)N(C)C1CCCC(NC2CC2)(C(=O)OC)C1. The Balaban J connectivity index is 2.06. The molecule has 3 atom stereocenters. The van der Waals surface area contributed by atoms with E-state index in [0.29, 0.717) is 24.7 Å². The molecular formula is C16H30N2O3. The van der Waals surface area contributed by atoms with Gasteiger partial charge >= 0.3 is 5.97 Å². The van der Waals surface area contributed by atoms with Crippen LogP contribution >= 0.6 is 0 Å². The number of likely N-dealkylation sites (N-methyl/N-ethyl adjacent to an activating group) is 1. The molecule has 2 aliphatic carbocycles. The van der Waals surface area contributed by atoms with Crippen LogP contribution in [0, 0.1) is 0 Å². The quantitative estimate of drug-likeness (QED) is 0.723. The molecular weight excluding hydrogens is 268 g/mol. The zero-order chi connectivity index (χ0) is 15.5. The number of esters is 1. The number of carbonyl (C=O) groups is 1. The lowest BCUT2D eigenvalue weighted by Gasteiger charge is -2.44. The molecule has 0 aliphatic heterocycles. The van der Waals surface area contributed by atoms with Crippen LogP contribution in [0.4, 0.5) is 0 Å². The zero-order valence-corrected chi connectivity index (χ0v) is 13.9. The third-order valence-electron chi connectivity index (χ3n) is 5.04. The van der Waals surface area contributed by atoms with Gasteiger partial charge < -0.3 is 9.47 Å². The highest BCUT2D eigenvalue weighted by molar-refractivity contribution is 5.81. The number of methoxy groups -OCH3 is 2. The molecule has 0 bridgehead atoms. The summed E-state index contributed by atoms with van der Waals surface area (Å²) >= 11 is 0. The van der Waals surface area contributed by atoms with E-state index in [1.165, 1.54) is 20.0 Å². The standard InChI is InChI=1S/C16H30N2O3/c1-12(11-20-3)18(2)14-6-5-9-16(10-14,15(19)21-4)17-13-7-8-13/h12-14,17H,5-11H2,1-4H3. The van der Waals surface area contributed by atoms with E-state index in [4.69, 9.17) is 9.47 Å². The Morgan fingerprint density at radius 3 is 2.67 bits per heavy atom.